The van der Waals surface area contributed by atoms with E-state index in [1.165, 1.54) is 0 Å². The van der Waals surface area contributed by atoms with Gasteiger partial charge in [-0.2, -0.15) is 5.10 Å². The van der Waals surface area contributed by atoms with Crippen LogP contribution in [0.3, 0.4) is 0 Å². The fourth-order valence-electron chi connectivity index (χ4n) is 2.59. The predicted octanol–water partition coefficient (Wildman–Crippen LogP) is 3.64. The fraction of sp³-hybridized carbons (Fsp3) is 0.263. The number of aromatic nitrogens is 3. The van der Waals surface area contributed by atoms with Crippen LogP contribution in [-0.4, -0.2) is 14.8 Å². The van der Waals surface area contributed by atoms with E-state index in [1.807, 2.05) is 49.0 Å². The molecule has 1 unspecified atom stereocenters. The first-order valence-corrected chi connectivity index (χ1v) is 7.89. The molecule has 1 N–H and O–H groups in total. The molecule has 2 heterocycles. The molecule has 0 amide bonds. The van der Waals surface area contributed by atoms with Crippen molar-refractivity contribution in [3.8, 4) is 11.3 Å². The van der Waals surface area contributed by atoms with Crippen LogP contribution >= 0.6 is 0 Å². The maximum absolute atomic E-state index is 4.61. The summed E-state index contributed by atoms with van der Waals surface area (Å²) in [6, 6.07) is 18.7. The number of hydrogen-bond donors (Lipinski definition) is 1. The molecule has 0 fully saturated rings. The summed E-state index contributed by atoms with van der Waals surface area (Å²) in [6.07, 6.45) is 0. The van der Waals surface area contributed by atoms with Crippen molar-refractivity contribution in [2.24, 2.45) is 7.05 Å². The van der Waals surface area contributed by atoms with E-state index in [-0.39, 0.29) is 6.04 Å². The Hall–Kier alpha value is -2.46. The molecular weight excluding hydrogens is 284 g/mol. The summed E-state index contributed by atoms with van der Waals surface area (Å²) in [4.78, 5) is 4.58. The molecule has 0 radical (unpaired) electrons. The molecule has 0 aliphatic heterocycles. The second-order valence-electron chi connectivity index (χ2n) is 5.82. The SMILES string of the molecule is Cc1cccc(C(C)NCc2cc(-c3ccccc3)nn2C)n1. The van der Waals surface area contributed by atoms with Gasteiger partial charge in [-0.3, -0.25) is 9.67 Å². The second-order valence-corrected chi connectivity index (χ2v) is 5.82. The Morgan fingerprint density at radius 3 is 2.61 bits per heavy atom. The maximum Gasteiger partial charge on any atom is 0.0926 e. The standard InChI is InChI=1S/C19H22N4/c1-14-8-7-11-18(21-14)15(2)20-13-17-12-19(22-23(17)3)16-9-5-4-6-10-16/h4-12,15,20H,13H2,1-3H3. The summed E-state index contributed by atoms with van der Waals surface area (Å²) in [7, 11) is 1.99. The van der Waals surface area contributed by atoms with Crippen LogP contribution in [-0.2, 0) is 13.6 Å². The third-order valence-electron chi connectivity index (χ3n) is 3.99. The molecule has 2 aromatic heterocycles. The van der Waals surface area contributed by atoms with E-state index in [2.05, 4.69) is 46.6 Å². The van der Waals surface area contributed by atoms with Gasteiger partial charge in [0.2, 0.25) is 0 Å². The lowest BCUT2D eigenvalue weighted by molar-refractivity contribution is 0.537. The molecular formula is C19H22N4. The number of benzene rings is 1. The molecule has 0 aliphatic carbocycles. The van der Waals surface area contributed by atoms with Crippen molar-refractivity contribution >= 4 is 0 Å². The lowest BCUT2D eigenvalue weighted by atomic mass is 10.1. The van der Waals surface area contributed by atoms with E-state index >= 15 is 0 Å². The van der Waals surface area contributed by atoms with E-state index in [4.69, 9.17) is 0 Å². The van der Waals surface area contributed by atoms with Gasteiger partial charge < -0.3 is 5.32 Å². The van der Waals surface area contributed by atoms with Crippen LogP contribution < -0.4 is 5.32 Å². The third kappa shape index (κ3) is 3.66. The number of pyridine rings is 1. The van der Waals surface area contributed by atoms with Crippen molar-refractivity contribution in [1.29, 1.82) is 0 Å². The van der Waals surface area contributed by atoms with Crippen molar-refractivity contribution in [2.75, 3.05) is 0 Å². The minimum atomic E-state index is 0.199. The molecule has 0 saturated heterocycles. The number of rotatable bonds is 5. The topological polar surface area (TPSA) is 42.7 Å². The summed E-state index contributed by atoms with van der Waals surface area (Å²) in [5.74, 6) is 0. The minimum Gasteiger partial charge on any atom is -0.303 e. The Balaban J connectivity index is 1.70. The zero-order chi connectivity index (χ0) is 16.2. The zero-order valence-corrected chi connectivity index (χ0v) is 13.8. The van der Waals surface area contributed by atoms with Gasteiger partial charge in [-0.15, -0.1) is 0 Å². The highest BCUT2D eigenvalue weighted by molar-refractivity contribution is 5.59. The van der Waals surface area contributed by atoms with Gasteiger partial charge in [-0.1, -0.05) is 36.4 Å². The van der Waals surface area contributed by atoms with E-state index in [0.717, 1.165) is 34.9 Å². The predicted molar refractivity (Wildman–Crippen MR) is 92.9 cm³/mol. The second kappa shape index (κ2) is 6.75. The van der Waals surface area contributed by atoms with Gasteiger partial charge in [0.15, 0.2) is 0 Å². The van der Waals surface area contributed by atoms with Gasteiger partial charge in [0.05, 0.1) is 17.1 Å². The van der Waals surface area contributed by atoms with Gasteiger partial charge in [0, 0.05) is 30.9 Å². The molecule has 0 bridgehead atoms. The van der Waals surface area contributed by atoms with Crippen LogP contribution in [0, 0.1) is 6.92 Å². The van der Waals surface area contributed by atoms with Crippen LogP contribution in [0.4, 0.5) is 0 Å². The Kier molecular flexibility index (Phi) is 4.53. The zero-order valence-electron chi connectivity index (χ0n) is 13.8. The monoisotopic (exact) mass is 306 g/mol. The van der Waals surface area contributed by atoms with Crippen LogP contribution in [0.15, 0.2) is 54.6 Å². The van der Waals surface area contributed by atoms with Gasteiger partial charge in [-0.05, 0) is 32.0 Å². The smallest absolute Gasteiger partial charge is 0.0926 e. The van der Waals surface area contributed by atoms with Gasteiger partial charge in [0.1, 0.15) is 0 Å². The number of aryl methyl sites for hydroxylation is 2. The third-order valence-corrected chi connectivity index (χ3v) is 3.99. The molecule has 4 nitrogen and oxygen atoms in total. The molecule has 23 heavy (non-hydrogen) atoms. The van der Waals surface area contributed by atoms with Crippen LogP contribution in [0.25, 0.3) is 11.3 Å². The Bertz CT molecular complexity index is 777. The normalized spacial score (nSPS) is 12.3. The summed E-state index contributed by atoms with van der Waals surface area (Å²) in [5.41, 5.74) is 5.41. The molecule has 3 rings (SSSR count). The number of nitrogens with zero attached hydrogens (tertiary/aromatic N) is 3. The molecule has 1 atom stereocenters. The van der Waals surface area contributed by atoms with Crippen molar-refractivity contribution < 1.29 is 0 Å². The summed E-state index contributed by atoms with van der Waals surface area (Å²) in [5, 5.41) is 8.13. The van der Waals surface area contributed by atoms with Crippen molar-refractivity contribution in [3.05, 3.63) is 71.7 Å². The summed E-state index contributed by atoms with van der Waals surface area (Å²) >= 11 is 0. The van der Waals surface area contributed by atoms with Gasteiger partial charge >= 0.3 is 0 Å². The minimum absolute atomic E-state index is 0.199. The molecule has 1 aromatic carbocycles. The number of hydrogen-bond acceptors (Lipinski definition) is 3. The average Bonchev–Trinajstić information content (AvgIpc) is 2.94. The highest BCUT2D eigenvalue weighted by Crippen LogP contribution is 2.19. The lowest BCUT2D eigenvalue weighted by Crippen LogP contribution is -2.20. The van der Waals surface area contributed by atoms with E-state index < -0.39 is 0 Å². The van der Waals surface area contributed by atoms with E-state index in [0.29, 0.717) is 0 Å². The van der Waals surface area contributed by atoms with Gasteiger partial charge in [0.25, 0.3) is 0 Å². The van der Waals surface area contributed by atoms with E-state index in [1.54, 1.807) is 0 Å². The van der Waals surface area contributed by atoms with Crippen molar-refractivity contribution in [1.82, 2.24) is 20.1 Å². The average molecular weight is 306 g/mol. The maximum atomic E-state index is 4.61. The largest absolute Gasteiger partial charge is 0.303 e. The van der Waals surface area contributed by atoms with Crippen molar-refractivity contribution in [3.63, 3.8) is 0 Å². The molecule has 0 spiro atoms. The van der Waals surface area contributed by atoms with Crippen LogP contribution in [0.2, 0.25) is 0 Å². The summed E-state index contributed by atoms with van der Waals surface area (Å²) < 4.78 is 1.94. The Morgan fingerprint density at radius 1 is 1.09 bits per heavy atom. The highest BCUT2D eigenvalue weighted by Gasteiger charge is 2.10. The van der Waals surface area contributed by atoms with Gasteiger partial charge in [-0.25, -0.2) is 0 Å². The first-order chi connectivity index (χ1) is 11.1. The summed E-state index contributed by atoms with van der Waals surface area (Å²) in [6.45, 7) is 4.91. The molecule has 3 aromatic rings. The van der Waals surface area contributed by atoms with Crippen molar-refractivity contribution in [2.45, 2.75) is 26.4 Å². The fourth-order valence-corrected chi connectivity index (χ4v) is 2.59. The first kappa shape index (κ1) is 15.4. The highest BCUT2D eigenvalue weighted by atomic mass is 15.3. The Labute approximate surface area is 137 Å². The number of nitrogens with one attached hydrogen (secondary N) is 1. The van der Waals surface area contributed by atoms with E-state index in [9.17, 15) is 0 Å². The molecule has 4 heteroatoms. The Morgan fingerprint density at radius 2 is 1.87 bits per heavy atom. The van der Waals surface area contributed by atoms with Crippen LogP contribution in [0.1, 0.15) is 30.0 Å². The molecule has 118 valence electrons. The molecule has 0 aliphatic rings. The lowest BCUT2D eigenvalue weighted by Gasteiger charge is -2.13. The van der Waals surface area contributed by atoms with Crippen LogP contribution in [0.5, 0.6) is 0 Å². The molecule has 0 saturated carbocycles. The first-order valence-electron chi connectivity index (χ1n) is 7.89. The quantitative estimate of drug-likeness (QED) is 0.782.